The number of carbonyl (C=O) groups excluding carboxylic acids is 1. The lowest BCUT2D eigenvalue weighted by Crippen LogP contribution is -2.31. The number of hydrogen-bond acceptors (Lipinski definition) is 5. The molecule has 1 aliphatic heterocycles. The predicted octanol–water partition coefficient (Wildman–Crippen LogP) is 1.59. The van der Waals surface area contributed by atoms with E-state index in [1.165, 1.54) is 11.3 Å². The molecule has 17 heavy (non-hydrogen) atoms. The van der Waals surface area contributed by atoms with Crippen LogP contribution in [0.2, 0.25) is 0 Å². The van der Waals surface area contributed by atoms with Crippen molar-refractivity contribution in [2.24, 2.45) is 0 Å². The predicted molar refractivity (Wildman–Crippen MR) is 68.7 cm³/mol. The highest BCUT2D eigenvalue weighted by atomic mass is 79.9. The van der Waals surface area contributed by atoms with Gasteiger partial charge in [-0.3, -0.25) is 8.98 Å². The molecular formula is C9H10BrNO4S2. The first-order valence-electron chi connectivity index (χ1n) is 4.82. The third kappa shape index (κ3) is 3.06. The summed E-state index contributed by atoms with van der Waals surface area (Å²) in [5.41, 5.74) is 0. The van der Waals surface area contributed by atoms with Crippen LogP contribution in [-0.4, -0.2) is 33.2 Å². The van der Waals surface area contributed by atoms with Gasteiger partial charge in [0, 0.05) is 13.0 Å². The van der Waals surface area contributed by atoms with Gasteiger partial charge in [0.25, 0.3) is 16.0 Å². The average Bonchev–Trinajstić information content (AvgIpc) is 2.73. The summed E-state index contributed by atoms with van der Waals surface area (Å²) in [6.45, 7) is 0.478. The van der Waals surface area contributed by atoms with Gasteiger partial charge in [-0.25, -0.2) is 0 Å². The minimum atomic E-state index is -3.59. The molecule has 0 aliphatic carbocycles. The third-order valence-electron chi connectivity index (χ3n) is 2.27. The molecule has 1 aliphatic rings. The summed E-state index contributed by atoms with van der Waals surface area (Å²) in [7, 11) is -3.59. The maximum atomic E-state index is 11.9. The van der Waals surface area contributed by atoms with Crippen LogP contribution in [0.4, 0.5) is 5.00 Å². The molecule has 1 aromatic heterocycles. The Morgan fingerprint density at radius 2 is 2.24 bits per heavy atom. The number of thiophene rings is 1. The van der Waals surface area contributed by atoms with Crippen LogP contribution in [0, 0.1) is 0 Å². The summed E-state index contributed by atoms with van der Waals surface area (Å²) in [5, 5.41) is 0.793. The number of nitrogens with zero attached hydrogens (tertiary/aromatic N) is 1. The summed E-state index contributed by atoms with van der Waals surface area (Å²) >= 11 is 4.74. The number of anilines is 1. The number of hydrogen-bond donors (Lipinski definition) is 0. The van der Waals surface area contributed by atoms with Gasteiger partial charge >= 0.3 is 0 Å². The molecule has 0 aromatic carbocycles. The van der Waals surface area contributed by atoms with Gasteiger partial charge in [0.15, 0.2) is 6.10 Å². The second-order valence-corrected chi connectivity index (χ2v) is 7.69. The normalized spacial score (nSPS) is 21.2. The Morgan fingerprint density at radius 1 is 1.53 bits per heavy atom. The van der Waals surface area contributed by atoms with Gasteiger partial charge in [0.1, 0.15) is 0 Å². The Balaban J connectivity index is 2.13. The van der Waals surface area contributed by atoms with Crippen molar-refractivity contribution in [3.05, 3.63) is 15.9 Å². The van der Waals surface area contributed by atoms with Gasteiger partial charge in [0.2, 0.25) is 0 Å². The van der Waals surface area contributed by atoms with Crippen molar-refractivity contribution in [2.75, 3.05) is 17.7 Å². The molecular weight excluding hydrogens is 330 g/mol. The lowest BCUT2D eigenvalue weighted by Gasteiger charge is -2.13. The summed E-state index contributed by atoms with van der Waals surface area (Å²) in [4.78, 5) is 13.5. The molecule has 1 atom stereocenters. The van der Waals surface area contributed by atoms with E-state index in [1.54, 1.807) is 4.90 Å². The summed E-state index contributed by atoms with van der Waals surface area (Å²) in [5.74, 6) is -0.301. The van der Waals surface area contributed by atoms with E-state index in [-0.39, 0.29) is 5.91 Å². The zero-order valence-corrected chi connectivity index (χ0v) is 12.1. The molecule has 0 bridgehead atoms. The van der Waals surface area contributed by atoms with Crippen LogP contribution >= 0.6 is 27.3 Å². The Bertz CT molecular complexity index is 539. The van der Waals surface area contributed by atoms with E-state index in [0.29, 0.717) is 13.0 Å². The SMILES string of the molecule is CS(=O)(=O)OC1CCN(c2ccc(Br)s2)C1=O. The van der Waals surface area contributed by atoms with E-state index >= 15 is 0 Å². The van der Waals surface area contributed by atoms with Crippen molar-refractivity contribution in [2.45, 2.75) is 12.5 Å². The number of amides is 1. The number of rotatable bonds is 3. The largest absolute Gasteiger partial charge is 0.301 e. The van der Waals surface area contributed by atoms with Crippen molar-refractivity contribution >= 4 is 48.3 Å². The maximum absolute atomic E-state index is 11.9. The van der Waals surface area contributed by atoms with Crippen LogP contribution in [0.1, 0.15) is 6.42 Å². The van der Waals surface area contributed by atoms with Crippen LogP contribution in [-0.2, 0) is 19.1 Å². The van der Waals surface area contributed by atoms with Crippen molar-refractivity contribution in [3.8, 4) is 0 Å². The highest BCUT2D eigenvalue weighted by Crippen LogP contribution is 2.33. The van der Waals surface area contributed by atoms with Crippen LogP contribution in [0.3, 0.4) is 0 Å². The topological polar surface area (TPSA) is 63.7 Å². The second kappa shape index (κ2) is 4.68. The highest BCUT2D eigenvalue weighted by Gasteiger charge is 2.36. The van der Waals surface area contributed by atoms with E-state index in [9.17, 15) is 13.2 Å². The van der Waals surface area contributed by atoms with Gasteiger partial charge < -0.3 is 4.90 Å². The zero-order chi connectivity index (χ0) is 12.6. The van der Waals surface area contributed by atoms with Gasteiger partial charge in [-0.2, -0.15) is 8.42 Å². The molecule has 8 heteroatoms. The second-order valence-electron chi connectivity index (χ2n) is 3.65. The van der Waals surface area contributed by atoms with Crippen LogP contribution in [0.15, 0.2) is 15.9 Å². The molecule has 5 nitrogen and oxygen atoms in total. The fraction of sp³-hybridized carbons (Fsp3) is 0.444. The van der Waals surface area contributed by atoms with Crippen LogP contribution < -0.4 is 4.90 Å². The molecule has 2 heterocycles. The Kier molecular flexibility index (Phi) is 3.58. The minimum Gasteiger partial charge on any atom is -0.301 e. The molecule has 94 valence electrons. The lowest BCUT2D eigenvalue weighted by molar-refractivity contribution is -0.122. The van der Waals surface area contributed by atoms with Crippen molar-refractivity contribution in [1.82, 2.24) is 0 Å². The Morgan fingerprint density at radius 3 is 2.76 bits per heavy atom. The summed E-state index contributed by atoms with van der Waals surface area (Å²) in [6, 6.07) is 3.66. The average molecular weight is 340 g/mol. The summed E-state index contributed by atoms with van der Waals surface area (Å²) in [6.07, 6.45) is 0.456. The van der Waals surface area contributed by atoms with Crippen molar-refractivity contribution < 1.29 is 17.4 Å². The molecule has 0 saturated carbocycles. The first-order chi connectivity index (χ1) is 7.87. The van der Waals surface area contributed by atoms with E-state index < -0.39 is 16.2 Å². The molecule has 0 radical (unpaired) electrons. The van der Waals surface area contributed by atoms with E-state index in [1.807, 2.05) is 12.1 Å². The lowest BCUT2D eigenvalue weighted by atomic mass is 10.3. The first-order valence-corrected chi connectivity index (χ1v) is 8.24. The quantitative estimate of drug-likeness (QED) is 0.784. The van der Waals surface area contributed by atoms with E-state index in [2.05, 4.69) is 15.9 Å². The fourth-order valence-corrected chi connectivity index (χ4v) is 3.62. The molecule has 1 unspecified atom stereocenters. The number of carbonyl (C=O) groups is 1. The monoisotopic (exact) mass is 339 g/mol. The Labute approximate surface area is 112 Å². The minimum absolute atomic E-state index is 0.301. The van der Waals surface area contributed by atoms with Gasteiger partial charge in [-0.1, -0.05) is 0 Å². The third-order valence-corrected chi connectivity index (χ3v) is 4.50. The van der Waals surface area contributed by atoms with E-state index in [4.69, 9.17) is 4.18 Å². The molecule has 2 rings (SSSR count). The molecule has 1 fully saturated rings. The van der Waals surface area contributed by atoms with Crippen LogP contribution in [0.5, 0.6) is 0 Å². The van der Waals surface area contributed by atoms with Gasteiger partial charge in [-0.05, 0) is 28.1 Å². The molecule has 0 N–H and O–H groups in total. The summed E-state index contributed by atoms with van der Waals surface area (Å²) < 4.78 is 27.6. The first kappa shape index (κ1) is 13.0. The Hall–Kier alpha value is -0.440. The standard InChI is InChI=1S/C9H10BrNO4S2/c1-17(13,14)15-6-4-5-11(9(6)12)8-3-2-7(10)16-8/h2-3,6H,4-5H2,1H3. The smallest absolute Gasteiger partial charge is 0.265 e. The van der Waals surface area contributed by atoms with Gasteiger partial charge in [0.05, 0.1) is 15.0 Å². The van der Waals surface area contributed by atoms with E-state index in [0.717, 1.165) is 15.0 Å². The van der Waals surface area contributed by atoms with Crippen molar-refractivity contribution in [3.63, 3.8) is 0 Å². The molecule has 1 aromatic rings. The van der Waals surface area contributed by atoms with Crippen molar-refractivity contribution in [1.29, 1.82) is 0 Å². The molecule has 0 spiro atoms. The maximum Gasteiger partial charge on any atom is 0.265 e. The molecule has 1 saturated heterocycles. The molecule has 1 amide bonds. The van der Waals surface area contributed by atoms with Crippen LogP contribution in [0.25, 0.3) is 0 Å². The number of halogens is 1. The fourth-order valence-electron chi connectivity index (χ4n) is 1.62. The van der Waals surface area contributed by atoms with Gasteiger partial charge in [-0.15, -0.1) is 11.3 Å². The zero-order valence-electron chi connectivity index (χ0n) is 8.92. The highest BCUT2D eigenvalue weighted by molar-refractivity contribution is 9.11.